The lowest BCUT2D eigenvalue weighted by Gasteiger charge is -2.04. The number of carboxylic acid groups (broad SMARTS) is 1. The number of nitrogens with zero attached hydrogens (tertiary/aromatic N) is 1. The summed E-state index contributed by atoms with van der Waals surface area (Å²) in [6.45, 7) is 0. The first-order valence-electron chi connectivity index (χ1n) is 4.82. The zero-order valence-electron chi connectivity index (χ0n) is 8.88. The Morgan fingerprint density at radius 3 is 2.83 bits per heavy atom. The molecule has 0 aliphatic carbocycles. The van der Waals surface area contributed by atoms with Crippen molar-refractivity contribution in [2.45, 2.75) is 0 Å². The van der Waals surface area contributed by atoms with Crippen LogP contribution in [0, 0.1) is 5.82 Å². The monoisotopic (exact) mass is 250 g/mol. The van der Waals surface area contributed by atoms with Crippen molar-refractivity contribution in [3.05, 3.63) is 52.3 Å². The lowest BCUT2D eigenvalue weighted by molar-refractivity contribution is 0.0692. The van der Waals surface area contributed by atoms with Crippen molar-refractivity contribution < 1.29 is 19.0 Å². The van der Waals surface area contributed by atoms with Crippen LogP contribution in [-0.2, 0) is 0 Å². The van der Waals surface area contributed by atoms with Crippen LogP contribution < -0.4 is 10.3 Å². The van der Waals surface area contributed by atoms with Crippen LogP contribution in [0.25, 0.3) is 0 Å². The Kier molecular flexibility index (Phi) is 3.05. The number of hydrogen-bond acceptors (Lipinski definition) is 4. The van der Waals surface area contributed by atoms with Gasteiger partial charge in [-0.2, -0.15) is 0 Å². The summed E-state index contributed by atoms with van der Waals surface area (Å²) in [5, 5.41) is 8.64. The Morgan fingerprint density at radius 1 is 1.44 bits per heavy atom. The minimum atomic E-state index is -1.38. The molecule has 0 atom stereocenters. The highest BCUT2D eigenvalue weighted by Gasteiger charge is 2.12. The molecular weight excluding hydrogens is 243 g/mol. The van der Waals surface area contributed by atoms with Gasteiger partial charge >= 0.3 is 11.5 Å². The largest absolute Gasteiger partial charge is 0.478 e. The molecule has 1 aromatic heterocycles. The van der Waals surface area contributed by atoms with E-state index in [1.807, 2.05) is 0 Å². The fourth-order valence-electron chi connectivity index (χ4n) is 1.26. The number of halogens is 1. The second kappa shape index (κ2) is 4.66. The number of carbonyl (C=O) groups is 1. The van der Waals surface area contributed by atoms with E-state index in [-0.39, 0.29) is 11.6 Å². The summed E-state index contributed by atoms with van der Waals surface area (Å²) in [6, 6.07) is 3.16. The lowest BCUT2D eigenvalue weighted by atomic mass is 10.2. The number of H-pyrrole nitrogens is 1. The van der Waals surface area contributed by atoms with Crippen LogP contribution in [0.2, 0.25) is 0 Å². The summed E-state index contributed by atoms with van der Waals surface area (Å²) in [6.07, 6.45) is 2.63. The molecule has 0 saturated heterocycles. The molecule has 1 aromatic carbocycles. The van der Waals surface area contributed by atoms with Gasteiger partial charge in [0.2, 0.25) is 0 Å². The van der Waals surface area contributed by atoms with E-state index in [0.29, 0.717) is 0 Å². The lowest BCUT2D eigenvalue weighted by Crippen LogP contribution is -2.09. The summed E-state index contributed by atoms with van der Waals surface area (Å²) in [5.74, 6) is -2.59. The normalized spacial score (nSPS) is 10.1. The molecule has 0 saturated carbocycles. The van der Waals surface area contributed by atoms with Crippen LogP contribution in [0.4, 0.5) is 4.39 Å². The summed E-state index contributed by atoms with van der Waals surface area (Å²) in [7, 11) is 0. The standard InChI is InChI=1S/C11H7FN2O4/c12-8-5-6(1-2-7(8)11(16)17)18-10-9(15)13-3-4-14-10/h1-5H,(H,13,15)(H,16,17). The number of aromatic amines is 1. The molecule has 0 spiro atoms. The third-order valence-electron chi connectivity index (χ3n) is 2.06. The van der Waals surface area contributed by atoms with Crippen LogP contribution in [-0.4, -0.2) is 21.0 Å². The van der Waals surface area contributed by atoms with Gasteiger partial charge in [0.1, 0.15) is 11.6 Å². The van der Waals surface area contributed by atoms with E-state index in [9.17, 15) is 14.0 Å². The SMILES string of the molecule is O=C(O)c1ccc(Oc2ncc[nH]c2=O)cc1F. The molecule has 1 heterocycles. The predicted octanol–water partition coefficient (Wildman–Crippen LogP) is 1.40. The van der Waals surface area contributed by atoms with E-state index >= 15 is 0 Å². The second-order valence-corrected chi connectivity index (χ2v) is 3.27. The van der Waals surface area contributed by atoms with E-state index in [1.54, 1.807) is 0 Å². The van der Waals surface area contributed by atoms with E-state index in [2.05, 4.69) is 9.97 Å². The molecule has 7 heteroatoms. The Bertz CT molecular complexity index is 653. The van der Waals surface area contributed by atoms with Crippen molar-refractivity contribution in [3.8, 4) is 11.6 Å². The zero-order valence-corrected chi connectivity index (χ0v) is 8.88. The Morgan fingerprint density at radius 2 is 2.22 bits per heavy atom. The molecule has 2 aromatic rings. The number of ether oxygens (including phenoxy) is 1. The van der Waals surface area contributed by atoms with Crippen LogP contribution in [0.15, 0.2) is 35.4 Å². The van der Waals surface area contributed by atoms with Gasteiger partial charge in [-0.3, -0.25) is 4.79 Å². The predicted molar refractivity (Wildman–Crippen MR) is 58.3 cm³/mol. The number of aromatic nitrogens is 2. The van der Waals surface area contributed by atoms with Gasteiger partial charge in [0.15, 0.2) is 0 Å². The van der Waals surface area contributed by atoms with Gasteiger partial charge in [0.25, 0.3) is 5.88 Å². The first-order valence-corrected chi connectivity index (χ1v) is 4.82. The highest BCUT2D eigenvalue weighted by Crippen LogP contribution is 2.19. The number of hydrogen-bond donors (Lipinski definition) is 2. The second-order valence-electron chi connectivity index (χ2n) is 3.27. The van der Waals surface area contributed by atoms with E-state index in [0.717, 1.165) is 12.1 Å². The topological polar surface area (TPSA) is 92.3 Å². The van der Waals surface area contributed by atoms with E-state index in [1.165, 1.54) is 18.5 Å². The number of carboxylic acids is 1. The molecule has 0 amide bonds. The van der Waals surface area contributed by atoms with Crippen molar-refractivity contribution >= 4 is 5.97 Å². The fourth-order valence-corrected chi connectivity index (χ4v) is 1.26. The molecule has 2 rings (SSSR count). The zero-order chi connectivity index (χ0) is 13.1. The smallest absolute Gasteiger partial charge is 0.338 e. The molecule has 92 valence electrons. The third-order valence-corrected chi connectivity index (χ3v) is 2.06. The maximum Gasteiger partial charge on any atom is 0.338 e. The van der Waals surface area contributed by atoms with Crippen LogP contribution in [0.3, 0.4) is 0 Å². The third kappa shape index (κ3) is 2.34. The molecule has 6 nitrogen and oxygen atoms in total. The van der Waals surface area contributed by atoms with Gasteiger partial charge < -0.3 is 14.8 Å². The van der Waals surface area contributed by atoms with E-state index in [4.69, 9.17) is 9.84 Å². The first kappa shape index (κ1) is 11.8. The van der Waals surface area contributed by atoms with Crippen molar-refractivity contribution in [1.82, 2.24) is 9.97 Å². The summed E-state index contributed by atoms with van der Waals surface area (Å²) >= 11 is 0. The van der Waals surface area contributed by atoms with Crippen LogP contribution in [0.5, 0.6) is 11.6 Å². The van der Waals surface area contributed by atoms with E-state index < -0.39 is 22.9 Å². The number of rotatable bonds is 3. The molecule has 0 aliphatic heterocycles. The minimum Gasteiger partial charge on any atom is -0.478 e. The average Bonchev–Trinajstić information content (AvgIpc) is 2.32. The highest BCUT2D eigenvalue weighted by molar-refractivity contribution is 5.88. The first-order chi connectivity index (χ1) is 8.58. The summed E-state index contributed by atoms with van der Waals surface area (Å²) < 4.78 is 18.4. The summed E-state index contributed by atoms with van der Waals surface area (Å²) in [4.78, 5) is 27.8. The average molecular weight is 250 g/mol. The Labute approximate surface area is 99.7 Å². The van der Waals surface area contributed by atoms with Crippen molar-refractivity contribution in [2.75, 3.05) is 0 Å². The molecule has 0 fully saturated rings. The number of aromatic carboxylic acids is 1. The van der Waals surface area contributed by atoms with Crippen LogP contribution in [0.1, 0.15) is 10.4 Å². The molecule has 0 aliphatic rings. The minimum absolute atomic E-state index is 0.0123. The Hall–Kier alpha value is -2.70. The Balaban J connectivity index is 2.31. The molecular formula is C11H7FN2O4. The molecule has 18 heavy (non-hydrogen) atoms. The van der Waals surface area contributed by atoms with Gasteiger partial charge in [0, 0.05) is 18.5 Å². The van der Waals surface area contributed by atoms with Crippen molar-refractivity contribution in [3.63, 3.8) is 0 Å². The number of nitrogens with one attached hydrogen (secondary N) is 1. The van der Waals surface area contributed by atoms with Crippen molar-refractivity contribution in [1.29, 1.82) is 0 Å². The quantitative estimate of drug-likeness (QED) is 0.858. The van der Waals surface area contributed by atoms with Gasteiger partial charge in [0.05, 0.1) is 5.56 Å². The van der Waals surface area contributed by atoms with Gasteiger partial charge in [-0.1, -0.05) is 0 Å². The maximum atomic E-state index is 13.3. The van der Waals surface area contributed by atoms with Crippen molar-refractivity contribution in [2.24, 2.45) is 0 Å². The van der Waals surface area contributed by atoms with Gasteiger partial charge in [-0.15, -0.1) is 0 Å². The van der Waals surface area contributed by atoms with Gasteiger partial charge in [-0.05, 0) is 12.1 Å². The number of benzene rings is 1. The molecule has 0 unspecified atom stereocenters. The fraction of sp³-hybridized carbons (Fsp3) is 0. The molecule has 0 bridgehead atoms. The maximum absolute atomic E-state index is 13.3. The summed E-state index contributed by atoms with van der Waals surface area (Å²) in [5.41, 5.74) is -1.04. The van der Waals surface area contributed by atoms with Gasteiger partial charge in [-0.25, -0.2) is 14.2 Å². The molecule has 0 radical (unpaired) electrons. The molecule has 2 N–H and O–H groups in total. The van der Waals surface area contributed by atoms with Crippen LogP contribution >= 0.6 is 0 Å². The highest BCUT2D eigenvalue weighted by atomic mass is 19.1.